The van der Waals surface area contributed by atoms with Gasteiger partial charge in [0.2, 0.25) is 0 Å². The van der Waals surface area contributed by atoms with Gasteiger partial charge in [-0.2, -0.15) is 0 Å². The SMILES string of the molecule is COC(=O)C1=CC(C(=O)OC)NC(=O)N1. The van der Waals surface area contributed by atoms with Gasteiger partial charge in [0.05, 0.1) is 14.2 Å². The second kappa shape index (κ2) is 4.45. The Bertz CT molecular complexity index is 336. The van der Waals surface area contributed by atoms with E-state index in [1.807, 2.05) is 0 Å². The Hall–Kier alpha value is -2.05. The summed E-state index contributed by atoms with van der Waals surface area (Å²) < 4.78 is 8.82. The molecule has 0 bridgehead atoms. The van der Waals surface area contributed by atoms with Crippen LogP contribution >= 0.6 is 0 Å². The molecular weight excluding hydrogens is 204 g/mol. The lowest BCUT2D eigenvalue weighted by Crippen LogP contribution is -2.50. The minimum absolute atomic E-state index is 0.0864. The molecular formula is C8H10N2O5. The predicted octanol–water partition coefficient (Wildman–Crippen LogP) is -1.10. The van der Waals surface area contributed by atoms with Crippen LogP contribution in [0.15, 0.2) is 11.8 Å². The van der Waals surface area contributed by atoms with Crippen LogP contribution in [0.4, 0.5) is 4.79 Å². The van der Waals surface area contributed by atoms with Crippen molar-refractivity contribution in [2.45, 2.75) is 6.04 Å². The summed E-state index contributed by atoms with van der Waals surface area (Å²) >= 11 is 0. The van der Waals surface area contributed by atoms with Crippen molar-refractivity contribution in [3.05, 3.63) is 11.8 Å². The molecule has 1 unspecified atom stereocenters. The molecule has 0 aliphatic carbocycles. The van der Waals surface area contributed by atoms with Crippen molar-refractivity contribution < 1.29 is 23.9 Å². The van der Waals surface area contributed by atoms with Crippen LogP contribution < -0.4 is 10.6 Å². The zero-order valence-electron chi connectivity index (χ0n) is 8.20. The average Bonchev–Trinajstić information content (AvgIpc) is 2.26. The lowest BCUT2D eigenvalue weighted by atomic mass is 10.2. The van der Waals surface area contributed by atoms with E-state index in [1.165, 1.54) is 20.3 Å². The summed E-state index contributed by atoms with van der Waals surface area (Å²) in [5, 5.41) is 4.47. The highest BCUT2D eigenvalue weighted by atomic mass is 16.5. The van der Waals surface area contributed by atoms with Gasteiger partial charge in [-0.3, -0.25) is 0 Å². The molecule has 2 amide bonds. The number of urea groups is 1. The van der Waals surface area contributed by atoms with Crippen molar-refractivity contribution in [1.29, 1.82) is 0 Å². The van der Waals surface area contributed by atoms with Crippen LogP contribution in [0, 0.1) is 0 Å². The molecule has 0 aromatic rings. The van der Waals surface area contributed by atoms with Gasteiger partial charge in [0.1, 0.15) is 11.7 Å². The quantitative estimate of drug-likeness (QED) is 0.569. The monoisotopic (exact) mass is 214 g/mol. The van der Waals surface area contributed by atoms with E-state index >= 15 is 0 Å². The van der Waals surface area contributed by atoms with Crippen molar-refractivity contribution in [1.82, 2.24) is 10.6 Å². The fraction of sp³-hybridized carbons (Fsp3) is 0.375. The maximum Gasteiger partial charge on any atom is 0.354 e. The number of carbonyl (C=O) groups excluding carboxylic acids is 3. The molecule has 7 nitrogen and oxygen atoms in total. The molecule has 82 valence electrons. The van der Waals surface area contributed by atoms with E-state index in [-0.39, 0.29) is 5.70 Å². The van der Waals surface area contributed by atoms with Gasteiger partial charge in [0, 0.05) is 0 Å². The first-order chi connectivity index (χ1) is 7.08. The summed E-state index contributed by atoms with van der Waals surface area (Å²) in [6, 6.07) is -1.63. The third-order valence-corrected chi connectivity index (χ3v) is 1.73. The molecule has 0 aromatic carbocycles. The van der Waals surface area contributed by atoms with Gasteiger partial charge in [0.15, 0.2) is 0 Å². The van der Waals surface area contributed by atoms with Crippen LogP contribution in [-0.4, -0.2) is 38.2 Å². The number of rotatable bonds is 2. The van der Waals surface area contributed by atoms with E-state index in [4.69, 9.17) is 0 Å². The average molecular weight is 214 g/mol. The molecule has 0 fully saturated rings. The molecule has 1 aliphatic rings. The van der Waals surface area contributed by atoms with Gasteiger partial charge in [-0.1, -0.05) is 0 Å². The fourth-order valence-corrected chi connectivity index (χ4v) is 1.03. The van der Waals surface area contributed by atoms with E-state index < -0.39 is 24.0 Å². The molecule has 7 heteroatoms. The molecule has 1 heterocycles. The van der Waals surface area contributed by atoms with E-state index in [0.29, 0.717) is 0 Å². The third-order valence-electron chi connectivity index (χ3n) is 1.73. The largest absolute Gasteiger partial charge is 0.467 e. The van der Waals surface area contributed by atoms with Gasteiger partial charge in [0.25, 0.3) is 0 Å². The number of methoxy groups -OCH3 is 2. The summed E-state index contributed by atoms with van der Waals surface area (Å²) in [6.07, 6.45) is 1.22. The number of nitrogens with one attached hydrogen (secondary N) is 2. The Balaban J connectivity index is 2.88. The maximum absolute atomic E-state index is 11.1. The molecule has 1 atom stereocenters. The smallest absolute Gasteiger partial charge is 0.354 e. The van der Waals surface area contributed by atoms with E-state index in [0.717, 1.165) is 0 Å². The summed E-state index contributed by atoms with van der Waals surface area (Å²) in [5.41, 5.74) is -0.0864. The molecule has 0 radical (unpaired) electrons. The number of ether oxygens (including phenoxy) is 2. The first kappa shape index (κ1) is 11.0. The second-order valence-corrected chi connectivity index (χ2v) is 2.67. The van der Waals surface area contributed by atoms with E-state index in [1.54, 1.807) is 0 Å². The number of hydrogen-bond donors (Lipinski definition) is 2. The minimum Gasteiger partial charge on any atom is -0.467 e. The summed E-state index contributed by atoms with van der Waals surface area (Å²) in [6.45, 7) is 0. The lowest BCUT2D eigenvalue weighted by molar-refractivity contribution is -0.141. The van der Waals surface area contributed by atoms with Crippen LogP contribution in [0.5, 0.6) is 0 Å². The molecule has 15 heavy (non-hydrogen) atoms. The molecule has 2 N–H and O–H groups in total. The summed E-state index contributed by atoms with van der Waals surface area (Å²) in [5.74, 6) is -1.38. The topological polar surface area (TPSA) is 93.7 Å². The van der Waals surface area contributed by atoms with Gasteiger partial charge in [-0.25, -0.2) is 14.4 Å². The van der Waals surface area contributed by atoms with Crippen molar-refractivity contribution in [3.8, 4) is 0 Å². The Morgan fingerprint density at radius 2 is 2.00 bits per heavy atom. The fourth-order valence-electron chi connectivity index (χ4n) is 1.03. The summed E-state index contributed by atoms with van der Waals surface area (Å²) in [7, 11) is 2.35. The first-order valence-electron chi connectivity index (χ1n) is 4.04. The maximum atomic E-state index is 11.1. The van der Waals surface area contributed by atoms with Gasteiger partial charge >= 0.3 is 18.0 Å². The van der Waals surface area contributed by atoms with Crippen molar-refractivity contribution in [3.63, 3.8) is 0 Å². The zero-order chi connectivity index (χ0) is 11.4. The standard InChI is InChI=1S/C8H10N2O5/c1-14-6(11)4-3-5(7(12)15-2)10-8(13)9-4/h3-4H,1-2H3,(H2,9,10,13). The molecule has 0 spiro atoms. The van der Waals surface area contributed by atoms with Crippen LogP contribution in [0.1, 0.15) is 0 Å². The number of hydrogen-bond acceptors (Lipinski definition) is 5. The van der Waals surface area contributed by atoms with E-state index in [2.05, 4.69) is 20.1 Å². The number of amides is 2. The lowest BCUT2D eigenvalue weighted by Gasteiger charge is -2.20. The first-order valence-corrected chi connectivity index (χ1v) is 4.04. The Morgan fingerprint density at radius 3 is 2.53 bits per heavy atom. The molecule has 1 rings (SSSR count). The Labute approximate surface area is 85.4 Å². The van der Waals surface area contributed by atoms with Crippen molar-refractivity contribution in [2.24, 2.45) is 0 Å². The normalized spacial score (nSPS) is 19.5. The van der Waals surface area contributed by atoms with Crippen LogP contribution in [0.3, 0.4) is 0 Å². The zero-order valence-corrected chi connectivity index (χ0v) is 8.20. The predicted molar refractivity (Wildman–Crippen MR) is 47.6 cm³/mol. The van der Waals surface area contributed by atoms with Gasteiger partial charge in [-0.15, -0.1) is 0 Å². The van der Waals surface area contributed by atoms with Gasteiger partial charge in [-0.05, 0) is 6.08 Å². The summed E-state index contributed by atoms with van der Waals surface area (Å²) in [4.78, 5) is 33.2. The van der Waals surface area contributed by atoms with Crippen molar-refractivity contribution in [2.75, 3.05) is 14.2 Å². The van der Waals surface area contributed by atoms with Crippen LogP contribution in [0.2, 0.25) is 0 Å². The second-order valence-electron chi connectivity index (χ2n) is 2.67. The highest BCUT2D eigenvalue weighted by Gasteiger charge is 2.27. The van der Waals surface area contributed by atoms with E-state index in [9.17, 15) is 14.4 Å². The van der Waals surface area contributed by atoms with Crippen LogP contribution in [0.25, 0.3) is 0 Å². The van der Waals surface area contributed by atoms with Crippen LogP contribution in [-0.2, 0) is 19.1 Å². The highest BCUT2D eigenvalue weighted by Crippen LogP contribution is 2.03. The molecule has 0 aromatic heterocycles. The number of carbonyl (C=O) groups is 3. The molecule has 0 saturated heterocycles. The molecule has 1 aliphatic heterocycles. The third kappa shape index (κ3) is 2.46. The minimum atomic E-state index is -0.974. The molecule has 0 saturated carbocycles. The van der Waals surface area contributed by atoms with Crippen molar-refractivity contribution >= 4 is 18.0 Å². The Morgan fingerprint density at radius 1 is 1.33 bits per heavy atom. The Kier molecular flexibility index (Phi) is 3.27. The highest BCUT2D eigenvalue weighted by molar-refractivity contribution is 5.98. The van der Waals surface area contributed by atoms with Gasteiger partial charge < -0.3 is 20.1 Å². The number of esters is 2.